The maximum absolute atomic E-state index is 13.3. The third-order valence-corrected chi connectivity index (χ3v) is 8.93. The van der Waals surface area contributed by atoms with Gasteiger partial charge < -0.3 is 25.8 Å². The Kier molecular flexibility index (Phi) is 6.45. The number of carbonyl (C=O) groups is 3. The van der Waals surface area contributed by atoms with Gasteiger partial charge in [-0.1, -0.05) is 24.1 Å². The standard InChI is InChI=1S/C24H25N9O5S2/c1-24(2)8-13(9-24)38-29-15(18-28-23(25)40-30-18)19(34)27-16-20(35)33-17(22(36)37)12(11-39-21(16)33)10-31-6-7-32-14(31)4-3-5-26-32/h3-7,13,16,21H,8-11H2,1-2H3,(H3-,25,27,28,30,34,36,37)/b29-15-/t16-,21-/m1/s1. The number of carbonyl (C=O) groups excluding carboxylic acids is 3. The molecule has 0 bridgehead atoms. The summed E-state index contributed by atoms with van der Waals surface area (Å²) in [5, 5.41) is 22.6. The molecule has 5 heterocycles. The molecule has 2 fully saturated rings. The molecule has 2 amide bonds. The average molecular weight is 584 g/mol. The van der Waals surface area contributed by atoms with E-state index in [2.05, 4.69) is 38.8 Å². The highest BCUT2D eigenvalue weighted by atomic mass is 32.2. The highest BCUT2D eigenvalue weighted by molar-refractivity contribution is 8.00. The number of hydrogen-bond acceptors (Lipinski definition) is 12. The van der Waals surface area contributed by atoms with Crippen LogP contribution in [0.15, 0.2) is 47.1 Å². The number of oxime groups is 1. The topological polar surface area (TPSA) is 184 Å². The number of β-lactam (4-membered cyclic amide) rings is 1. The van der Waals surface area contributed by atoms with Crippen LogP contribution in [0.1, 0.15) is 32.5 Å². The van der Waals surface area contributed by atoms with Gasteiger partial charge in [0.05, 0.1) is 17.9 Å². The number of hydrogen-bond donors (Lipinski definition) is 2. The van der Waals surface area contributed by atoms with Crippen molar-refractivity contribution >= 4 is 57.6 Å². The number of aromatic nitrogens is 5. The summed E-state index contributed by atoms with van der Waals surface area (Å²) in [5.41, 5.74) is 6.73. The van der Waals surface area contributed by atoms with Crippen LogP contribution in [0, 0.1) is 5.41 Å². The van der Waals surface area contributed by atoms with Gasteiger partial charge in [0.25, 0.3) is 11.8 Å². The summed E-state index contributed by atoms with van der Waals surface area (Å²) in [5.74, 6) is -2.43. The fourth-order valence-corrected chi connectivity index (χ4v) is 6.94. The molecule has 16 heteroatoms. The number of fused-ring (bicyclic) bond motifs is 2. The number of carboxylic acid groups (broad SMARTS) is 1. The molecular weight excluding hydrogens is 558 g/mol. The van der Waals surface area contributed by atoms with Gasteiger partial charge in [0.15, 0.2) is 11.3 Å². The van der Waals surface area contributed by atoms with Crippen LogP contribution in [0.25, 0.3) is 5.65 Å². The molecule has 1 saturated carbocycles. The summed E-state index contributed by atoms with van der Waals surface area (Å²) >= 11 is 2.25. The summed E-state index contributed by atoms with van der Waals surface area (Å²) < 4.78 is 7.58. The minimum atomic E-state index is -1.46. The van der Waals surface area contributed by atoms with Crippen LogP contribution in [0.2, 0.25) is 0 Å². The number of rotatable bonds is 8. The molecule has 2 atom stereocenters. The molecule has 1 aliphatic carbocycles. The lowest BCUT2D eigenvalue weighted by Crippen LogP contribution is -2.71. The van der Waals surface area contributed by atoms with Crippen molar-refractivity contribution in [1.82, 2.24) is 29.2 Å². The first-order valence-corrected chi connectivity index (χ1v) is 14.3. The van der Waals surface area contributed by atoms with Gasteiger partial charge in [0.1, 0.15) is 30.3 Å². The first-order chi connectivity index (χ1) is 19.1. The Bertz CT molecular complexity index is 1590. The third kappa shape index (κ3) is 4.66. The maximum Gasteiger partial charge on any atom is 0.307 e. The Morgan fingerprint density at radius 2 is 2.17 bits per heavy atom. The van der Waals surface area contributed by atoms with Crippen LogP contribution in [-0.2, 0) is 25.8 Å². The van der Waals surface area contributed by atoms with E-state index >= 15 is 0 Å². The van der Waals surface area contributed by atoms with Gasteiger partial charge in [-0.2, -0.15) is 9.36 Å². The van der Waals surface area contributed by atoms with Gasteiger partial charge >= 0.3 is 5.65 Å². The zero-order chi connectivity index (χ0) is 28.2. The Morgan fingerprint density at radius 1 is 1.38 bits per heavy atom. The zero-order valence-corrected chi connectivity index (χ0v) is 23.1. The molecule has 3 aromatic heterocycles. The van der Waals surface area contributed by atoms with E-state index in [1.54, 1.807) is 29.2 Å². The summed E-state index contributed by atoms with van der Waals surface area (Å²) in [6.07, 6.45) is 6.60. The Labute approximate surface area is 236 Å². The summed E-state index contributed by atoms with van der Waals surface area (Å²) in [6.45, 7) is 4.45. The van der Waals surface area contributed by atoms with E-state index in [0.717, 1.165) is 30.0 Å². The molecule has 0 spiro atoms. The second-order valence-corrected chi connectivity index (χ2v) is 12.4. The van der Waals surface area contributed by atoms with Crippen molar-refractivity contribution in [3.63, 3.8) is 0 Å². The van der Waals surface area contributed by atoms with E-state index in [1.165, 1.54) is 16.7 Å². The number of imidazole rings is 1. The van der Waals surface area contributed by atoms with Crippen LogP contribution >= 0.6 is 23.3 Å². The predicted molar refractivity (Wildman–Crippen MR) is 141 cm³/mol. The maximum atomic E-state index is 13.3. The monoisotopic (exact) mass is 583 g/mol. The molecule has 208 valence electrons. The van der Waals surface area contributed by atoms with Crippen molar-refractivity contribution < 1.29 is 28.9 Å². The molecule has 0 unspecified atom stereocenters. The van der Waals surface area contributed by atoms with Crippen molar-refractivity contribution in [2.24, 2.45) is 10.6 Å². The molecule has 2 aliphatic heterocycles. The first kappa shape index (κ1) is 26.2. The van der Waals surface area contributed by atoms with Crippen LogP contribution < -0.4 is 20.7 Å². The molecule has 3 aromatic rings. The SMILES string of the molecule is CC1(C)CC(O/N=C(\C(=O)N[C@@H]2C(=O)N3C(C(=O)[O-])=C(C[n+]4ccn5ncccc54)CS[C@H]23)c2nsc(N)n2)C1. The summed E-state index contributed by atoms with van der Waals surface area (Å²) in [4.78, 5) is 49.5. The minimum absolute atomic E-state index is 0.0116. The van der Waals surface area contributed by atoms with E-state index in [0.29, 0.717) is 11.3 Å². The van der Waals surface area contributed by atoms with Crippen LogP contribution in [0.5, 0.6) is 0 Å². The van der Waals surface area contributed by atoms with Crippen molar-refractivity contribution in [3.05, 3.63) is 47.8 Å². The number of aliphatic carboxylic acids is 1. The molecular formula is C24H25N9O5S2. The molecule has 0 aromatic carbocycles. The minimum Gasteiger partial charge on any atom is -0.543 e. The van der Waals surface area contributed by atoms with Crippen LogP contribution in [0.3, 0.4) is 0 Å². The Hall–Kier alpha value is -4.05. The number of nitrogens with zero attached hydrogens (tertiary/aromatic N) is 7. The fourth-order valence-electron chi connectivity index (χ4n) is 5.17. The molecule has 3 N–H and O–H groups in total. The number of nitrogen functional groups attached to an aromatic ring is 1. The van der Waals surface area contributed by atoms with Gasteiger partial charge in [-0.25, -0.2) is 4.57 Å². The Morgan fingerprint density at radius 3 is 2.88 bits per heavy atom. The lowest BCUT2D eigenvalue weighted by atomic mass is 9.70. The lowest BCUT2D eigenvalue weighted by Gasteiger charge is -2.50. The number of nitrogens with one attached hydrogen (secondary N) is 1. The van der Waals surface area contributed by atoms with Gasteiger partial charge in [-0.15, -0.1) is 16.3 Å². The molecule has 3 aliphatic rings. The molecule has 40 heavy (non-hydrogen) atoms. The van der Waals surface area contributed by atoms with Gasteiger partial charge in [-0.05, 0) is 24.3 Å². The number of carboxylic acids is 1. The Balaban J connectivity index is 1.20. The fraction of sp³-hybridized carbons (Fsp3) is 0.417. The molecule has 0 radical (unpaired) electrons. The molecule has 6 rings (SSSR count). The van der Waals surface area contributed by atoms with Crippen molar-refractivity contribution in [3.8, 4) is 0 Å². The quantitative estimate of drug-likeness (QED) is 0.145. The number of thioether (sulfide) groups is 1. The molecule has 14 nitrogen and oxygen atoms in total. The van der Waals surface area contributed by atoms with E-state index in [1.807, 2.05) is 10.6 Å². The van der Waals surface area contributed by atoms with Crippen molar-refractivity contribution in [1.29, 1.82) is 0 Å². The van der Waals surface area contributed by atoms with Crippen LogP contribution in [0.4, 0.5) is 5.13 Å². The second kappa shape index (κ2) is 9.85. The van der Waals surface area contributed by atoms with E-state index in [4.69, 9.17) is 10.6 Å². The smallest absolute Gasteiger partial charge is 0.307 e. The predicted octanol–water partition coefficient (Wildman–Crippen LogP) is -0.931. The van der Waals surface area contributed by atoms with Crippen LogP contribution in [-0.4, -0.2) is 70.6 Å². The van der Waals surface area contributed by atoms with Gasteiger partial charge in [0.2, 0.25) is 11.5 Å². The van der Waals surface area contributed by atoms with E-state index in [-0.39, 0.29) is 40.4 Å². The second-order valence-electron chi connectivity index (χ2n) is 10.5. The first-order valence-electron chi connectivity index (χ1n) is 12.5. The van der Waals surface area contributed by atoms with Gasteiger partial charge in [0, 0.05) is 28.9 Å². The lowest BCUT2D eigenvalue weighted by molar-refractivity contribution is -0.662. The summed E-state index contributed by atoms with van der Waals surface area (Å²) in [7, 11) is 0. The highest BCUT2D eigenvalue weighted by Gasteiger charge is 2.53. The van der Waals surface area contributed by atoms with Crippen molar-refractivity contribution in [2.75, 3.05) is 11.5 Å². The largest absolute Gasteiger partial charge is 0.543 e. The summed E-state index contributed by atoms with van der Waals surface area (Å²) in [6, 6.07) is 2.65. The van der Waals surface area contributed by atoms with Gasteiger partial charge in [-0.3, -0.25) is 14.5 Å². The van der Waals surface area contributed by atoms with E-state index in [9.17, 15) is 19.5 Å². The average Bonchev–Trinajstić information content (AvgIpc) is 3.52. The number of amides is 2. The van der Waals surface area contributed by atoms with E-state index < -0.39 is 29.2 Å². The zero-order valence-electron chi connectivity index (χ0n) is 21.5. The number of nitrogens with two attached hydrogens (primary N) is 1. The highest BCUT2D eigenvalue weighted by Crippen LogP contribution is 2.42. The number of anilines is 1. The van der Waals surface area contributed by atoms with Crippen molar-refractivity contribution in [2.45, 2.75) is 50.8 Å². The normalized spacial score (nSPS) is 22.5. The third-order valence-electron chi connectivity index (χ3n) is 7.05. The molecule has 1 saturated heterocycles.